The van der Waals surface area contributed by atoms with Crippen LogP contribution in [0.4, 0.5) is 13.2 Å². The standard InChI is InChI=1S/C31H34F3N3O3/c1-40-31(39)30(36-22-9-7-20(8-10-22)24-18-35-27-5-3-2-4-23(24)27)21-12-14-37(15-13-21)28(38)11-6-19-16-25(32)29(34)26(33)17-19/h2-6,11,16-18,20-22,30,35-36H,7-10,12-15H2,1H3/b11-6+/t20-,22-,30?. The number of H-pyrrole nitrogens is 1. The average molecular weight is 554 g/mol. The van der Waals surface area contributed by atoms with Crippen molar-refractivity contribution in [2.75, 3.05) is 20.2 Å². The molecule has 0 radical (unpaired) electrons. The number of halogens is 3. The molecule has 1 aliphatic carbocycles. The number of esters is 1. The lowest BCUT2D eigenvalue weighted by molar-refractivity contribution is -0.145. The summed E-state index contributed by atoms with van der Waals surface area (Å²) in [7, 11) is 1.40. The molecule has 1 unspecified atom stereocenters. The number of carbonyl (C=O) groups is 2. The first-order valence-corrected chi connectivity index (χ1v) is 13.9. The highest BCUT2D eigenvalue weighted by Gasteiger charge is 2.35. The van der Waals surface area contributed by atoms with Crippen molar-refractivity contribution in [2.24, 2.45) is 5.92 Å². The normalized spacial score (nSPS) is 21.1. The van der Waals surface area contributed by atoms with E-state index in [1.165, 1.54) is 30.2 Å². The number of methoxy groups -OCH3 is 1. The molecule has 0 bridgehead atoms. The zero-order valence-corrected chi connectivity index (χ0v) is 22.5. The minimum Gasteiger partial charge on any atom is -0.468 e. The lowest BCUT2D eigenvalue weighted by Gasteiger charge is -2.38. The molecule has 5 rings (SSSR count). The fraction of sp³-hybridized carbons (Fsp3) is 0.419. The Hall–Kier alpha value is -3.59. The van der Waals surface area contributed by atoms with Gasteiger partial charge in [0.1, 0.15) is 6.04 Å². The lowest BCUT2D eigenvalue weighted by atomic mass is 9.80. The monoisotopic (exact) mass is 553 g/mol. The number of aromatic amines is 1. The molecule has 1 amide bonds. The number of amides is 1. The van der Waals surface area contributed by atoms with Crippen LogP contribution in [0.2, 0.25) is 0 Å². The molecule has 2 aromatic carbocycles. The minimum atomic E-state index is -1.54. The molecular weight excluding hydrogens is 519 g/mol. The van der Waals surface area contributed by atoms with Gasteiger partial charge < -0.3 is 19.9 Å². The van der Waals surface area contributed by atoms with Gasteiger partial charge in [0.25, 0.3) is 0 Å². The number of hydrogen-bond donors (Lipinski definition) is 2. The molecule has 0 spiro atoms. The first-order valence-electron chi connectivity index (χ1n) is 13.9. The Morgan fingerprint density at radius 3 is 2.38 bits per heavy atom. The number of rotatable bonds is 7. The number of hydrogen-bond acceptors (Lipinski definition) is 4. The zero-order valence-electron chi connectivity index (χ0n) is 22.5. The number of carbonyl (C=O) groups excluding carboxylic acids is 2. The number of ether oxygens (including phenoxy) is 1. The highest BCUT2D eigenvalue weighted by Crippen LogP contribution is 2.37. The molecule has 1 atom stereocenters. The molecule has 3 aromatic rings. The molecule has 2 heterocycles. The van der Waals surface area contributed by atoms with Gasteiger partial charge in [-0.2, -0.15) is 0 Å². The van der Waals surface area contributed by atoms with E-state index in [0.717, 1.165) is 43.3 Å². The van der Waals surface area contributed by atoms with Crippen molar-refractivity contribution >= 4 is 28.9 Å². The van der Waals surface area contributed by atoms with Gasteiger partial charge in [-0.3, -0.25) is 9.59 Å². The Labute approximate surface area is 231 Å². The molecule has 1 saturated carbocycles. The van der Waals surface area contributed by atoms with Crippen LogP contribution >= 0.6 is 0 Å². The Morgan fingerprint density at radius 1 is 1.02 bits per heavy atom. The van der Waals surface area contributed by atoms with Crippen molar-refractivity contribution < 1.29 is 27.5 Å². The number of para-hydroxylation sites is 1. The first-order chi connectivity index (χ1) is 19.3. The van der Waals surface area contributed by atoms with E-state index in [0.29, 0.717) is 31.8 Å². The van der Waals surface area contributed by atoms with Crippen LogP contribution < -0.4 is 5.32 Å². The maximum atomic E-state index is 13.5. The minimum absolute atomic E-state index is 0.0205. The summed E-state index contributed by atoms with van der Waals surface area (Å²) in [5.74, 6) is -4.24. The van der Waals surface area contributed by atoms with E-state index in [9.17, 15) is 22.8 Å². The summed E-state index contributed by atoms with van der Waals surface area (Å²) in [6.07, 6.45) is 9.87. The summed E-state index contributed by atoms with van der Waals surface area (Å²) in [6.45, 7) is 0.894. The van der Waals surface area contributed by atoms with Crippen molar-refractivity contribution in [3.8, 4) is 0 Å². The van der Waals surface area contributed by atoms with Gasteiger partial charge in [-0.25, -0.2) is 13.2 Å². The van der Waals surface area contributed by atoms with Crippen LogP contribution in [0.25, 0.3) is 17.0 Å². The van der Waals surface area contributed by atoms with Crippen LogP contribution in [-0.2, 0) is 14.3 Å². The predicted molar refractivity (Wildman–Crippen MR) is 147 cm³/mol. The highest BCUT2D eigenvalue weighted by atomic mass is 19.2. The Kier molecular flexibility index (Phi) is 8.59. The molecule has 212 valence electrons. The van der Waals surface area contributed by atoms with Crippen LogP contribution in [-0.4, -0.2) is 54.0 Å². The second-order valence-corrected chi connectivity index (χ2v) is 10.8. The van der Waals surface area contributed by atoms with Crippen LogP contribution in [0, 0.1) is 23.4 Å². The lowest BCUT2D eigenvalue weighted by Crippen LogP contribution is -2.52. The van der Waals surface area contributed by atoms with Crippen LogP contribution in [0.1, 0.15) is 55.6 Å². The van der Waals surface area contributed by atoms with Crippen molar-refractivity contribution in [3.05, 3.63) is 77.2 Å². The van der Waals surface area contributed by atoms with Gasteiger partial charge in [-0.15, -0.1) is 0 Å². The molecule has 40 heavy (non-hydrogen) atoms. The van der Waals surface area contributed by atoms with E-state index < -0.39 is 23.5 Å². The third-order valence-corrected chi connectivity index (χ3v) is 8.41. The van der Waals surface area contributed by atoms with Gasteiger partial charge >= 0.3 is 5.97 Å². The van der Waals surface area contributed by atoms with E-state index in [-0.39, 0.29) is 29.4 Å². The van der Waals surface area contributed by atoms with E-state index in [1.807, 2.05) is 6.07 Å². The quantitative estimate of drug-likeness (QED) is 0.224. The zero-order chi connectivity index (χ0) is 28.2. The van der Waals surface area contributed by atoms with Gasteiger partial charge in [0.15, 0.2) is 17.5 Å². The summed E-state index contributed by atoms with van der Waals surface area (Å²) >= 11 is 0. The number of nitrogens with one attached hydrogen (secondary N) is 2. The van der Waals surface area contributed by atoms with E-state index in [2.05, 4.69) is 34.7 Å². The SMILES string of the molecule is COC(=O)C(N[C@H]1CC[C@H](c2c[nH]c3ccccc32)CC1)C1CCN(C(=O)/C=C/c2cc(F)c(F)c(F)c2)CC1. The summed E-state index contributed by atoms with van der Waals surface area (Å²) in [4.78, 5) is 30.5. The summed E-state index contributed by atoms with van der Waals surface area (Å²) in [5.41, 5.74) is 2.58. The van der Waals surface area contributed by atoms with Crippen molar-refractivity contribution in [2.45, 2.75) is 56.5 Å². The second kappa shape index (κ2) is 12.3. The van der Waals surface area contributed by atoms with E-state index in [1.54, 1.807) is 4.90 Å². The largest absolute Gasteiger partial charge is 0.468 e. The molecule has 2 aliphatic rings. The second-order valence-electron chi connectivity index (χ2n) is 10.8. The van der Waals surface area contributed by atoms with E-state index in [4.69, 9.17) is 4.74 Å². The fourth-order valence-corrected chi connectivity index (χ4v) is 6.18. The molecular formula is C31H34F3N3O3. The number of piperidine rings is 1. The molecule has 1 aliphatic heterocycles. The van der Waals surface area contributed by atoms with Gasteiger partial charge in [0.05, 0.1) is 7.11 Å². The maximum Gasteiger partial charge on any atom is 0.323 e. The number of benzene rings is 2. The summed E-state index contributed by atoms with van der Waals surface area (Å²) < 4.78 is 45.2. The maximum absolute atomic E-state index is 13.5. The molecule has 2 N–H and O–H groups in total. The van der Waals surface area contributed by atoms with Crippen molar-refractivity contribution in [1.29, 1.82) is 0 Å². The molecule has 2 fully saturated rings. The third kappa shape index (κ3) is 6.09. The average Bonchev–Trinajstić information content (AvgIpc) is 3.41. The van der Waals surface area contributed by atoms with Gasteiger partial charge in [-0.1, -0.05) is 18.2 Å². The fourth-order valence-electron chi connectivity index (χ4n) is 6.18. The summed E-state index contributed by atoms with van der Waals surface area (Å²) in [5, 5.41) is 4.86. The number of fused-ring (bicyclic) bond motifs is 1. The smallest absolute Gasteiger partial charge is 0.323 e. The number of nitrogens with zero attached hydrogens (tertiary/aromatic N) is 1. The number of aromatic nitrogens is 1. The predicted octanol–water partition coefficient (Wildman–Crippen LogP) is 5.69. The molecule has 1 saturated heterocycles. The molecule has 6 nitrogen and oxygen atoms in total. The third-order valence-electron chi connectivity index (χ3n) is 8.41. The summed E-state index contributed by atoms with van der Waals surface area (Å²) in [6, 6.07) is 9.80. The highest BCUT2D eigenvalue weighted by molar-refractivity contribution is 5.92. The Balaban J connectivity index is 1.15. The van der Waals surface area contributed by atoms with E-state index >= 15 is 0 Å². The van der Waals surface area contributed by atoms with Gasteiger partial charge in [-0.05, 0) is 85.8 Å². The van der Waals surface area contributed by atoms with Crippen LogP contribution in [0.5, 0.6) is 0 Å². The van der Waals surface area contributed by atoms with Crippen LogP contribution in [0.15, 0.2) is 48.7 Å². The van der Waals surface area contributed by atoms with Crippen LogP contribution in [0.3, 0.4) is 0 Å². The van der Waals surface area contributed by atoms with Crippen molar-refractivity contribution in [3.63, 3.8) is 0 Å². The Bertz CT molecular complexity index is 1370. The molecule has 9 heteroatoms. The first kappa shape index (κ1) is 28.0. The topological polar surface area (TPSA) is 74.4 Å². The van der Waals surface area contributed by atoms with Gasteiger partial charge in [0.2, 0.25) is 5.91 Å². The van der Waals surface area contributed by atoms with Crippen molar-refractivity contribution in [1.82, 2.24) is 15.2 Å². The Morgan fingerprint density at radius 2 is 1.70 bits per heavy atom. The molecule has 1 aromatic heterocycles. The van der Waals surface area contributed by atoms with Gasteiger partial charge in [0, 0.05) is 42.3 Å². The number of likely N-dealkylation sites (tertiary alicyclic amines) is 1.